The second-order valence-electron chi connectivity index (χ2n) is 11.3. The lowest BCUT2D eigenvalue weighted by atomic mass is 9.68. The number of aromatic nitrogens is 1. The van der Waals surface area contributed by atoms with Crippen LogP contribution in [0.15, 0.2) is 34.1 Å². The maximum atomic E-state index is 13.8. The van der Waals surface area contributed by atoms with Crippen molar-refractivity contribution in [1.82, 2.24) is 9.88 Å². The molecule has 2 aliphatic heterocycles. The number of carbonyl (C=O) groups excluding carboxylic acids is 2. The molecule has 38 heavy (non-hydrogen) atoms. The summed E-state index contributed by atoms with van der Waals surface area (Å²) in [5, 5.41) is 10.8. The maximum Gasteiger partial charge on any atom is 0.327 e. The smallest absolute Gasteiger partial charge is 0.327 e. The summed E-state index contributed by atoms with van der Waals surface area (Å²) < 4.78 is 0. The number of benzene rings is 1. The van der Waals surface area contributed by atoms with Crippen molar-refractivity contribution in [2.75, 3.05) is 18.0 Å². The van der Waals surface area contributed by atoms with Crippen LogP contribution in [0.3, 0.4) is 0 Å². The molecule has 3 fully saturated rings. The highest BCUT2D eigenvalue weighted by molar-refractivity contribution is 8.00. The van der Waals surface area contributed by atoms with Crippen molar-refractivity contribution in [1.29, 1.82) is 0 Å². The standard InChI is InChI=1S/C28H33N3O5S2/c1-5-30(6-2)14-9-7-13(8-10-14)17-18-15-11-16(22(18)37-24-23(17)38-28(36)29-24)20-19(15)25(32)31(26(20)33)21(12(3)4)27(34)35/h7-10,12,15-22H,5-6,11H2,1-4H3,(H,29,36)(H,34,35)/t15?,16?,17-,18?,19?,20?,21?,22?/m1/s1. The monoisotopic (exact) mass is 555 g/mol. The molecule has 3 heterocycles. The SMILES string of the molecule is CCN(CC)c1ccc([C@H]2c3sc(=O)[nH]c3SC3C4CC(C5C(=O)N(C(C(=O)O)C(C)C)C(=O)C45)C32)cc1. The molecule has 2 aromatic rings. The Morgan fingerprint density at radius 1 is 1.08 bits per heavy atom. The van der Waals surface area contributed by atoms with Gasteiger partial charge in [0.1, 0.15) is 6.04 Å². The number of H-pyrrole nitrogens is 1. The molecule has 0 spiro atoms. The number of fused-ring (bicyclic) bond motifs is 9. The third kappa shape index (κ3) is 3.55. The van der Waals surface area contributed by atoms with E-state index in [1.807, 2.05) is 0 Å². The Morgan fingerprint density at radius 3 is 2.29 bits per heavy atom. The molecule has 1 aromatic heterocycles. The molecule has 2 bridgehead atoms. The zero-order valence-electron chi connectivity index (χ0n) is 21.9. The van der Waals surface area contributed by atoms with Gasteiger partial charge >= 0.3 is 10.8 Å². The van der Waals surface area contributed by atoms with Gasteiger partial charge in [-0.2, -0.15) is 0 Å². The van der Waals surface area contributed by atoms with Crippen molar-refractivity contribution < 1.29 is 19.5 Å². The van der Waals surface area contributed by atoms with Crippen LogP contribution in [-0.2, 0) is 14.4 Å². The zero-order chi connectivity index (χ0) is 27.0. The van der Waals surface area contributed by atoms with Gasteiger partial charge in [-0.15, -0.1) is 11.8 Å². The molecule has 7 unspecified atom stereocenters. The summed E-state index contributed by atoms with van der Waals surface area (Å²) in [6.07, 6.45) is 0.787. The van der Waals surface area contributed by atoms with Gasteiger partial charge in [-0.25, -0.2) is 4.79 Å². The van der Waals surface area contributed by atoms with E-state index < -0.39 is 23.8 Å². The Bertz CT molecular complexity index is 1350. The van der Waals surface area contributed by atoms with E-state index in [0.29, 0.717) is 0 Å². The van der Waals surface area contributed by atoms with Gasteiger partial charge in [0.05, 0.1) is 16.9 Å². The molecule has 8 nitrogen and oxygen atoms in total. The normalized spacial score (nSPS) is 31.9. The second kappa shape index (κ2) is 9.26. The summed E-state index contributed by atoms with van der Waals surface area (Å²) in [7, 11) is 0. The molecule has 0 radical (unpaired) electrons. The average Bonchev–Trinajstić information content (AvgIpc) is 3.60. The first-order valence-corrected chi connectivity index (χ1v) is 15.2. The number of imide groups is 1. The first-order valence-electron chi connectivity index (χ1n) is 13.5. The molecular formula is C28H33N3O5S2. The summed E-state index contributed by atoms with van der Waals surface area (Å²) >= 11 is 2.89. The molecule has 202 valence electrons. The number of hydrogen-bond acceptors (Lipinski definition) is 7. The summed E-state index contributed by atoms with van der Waals surface area (Å²) in [5.74, 6) is -3.08. The largest absolute Gasteiger partial charge is 0.480 e. The molecule has 1 saturated heterocycles. The third-order valence-electron chi connectivity index (χ3n) is 9.30. The first kappa shape index (κ1) is 25.7. The lowest BCUT2D eigenvalue weighted by Gasteiger charge is -2.43. The molecule has 2 saturated carbocycles. The van der Waals surface area contributed by atoms with Crippen LogP contribution in [0, 0.1) is 35.5 Å². The van der Waals surface area contributed by atoms with Crippen LogP contribution in [0.2, 0.25) is 0 Å². The van der Waals surface area contributed by atoms with Crippen molar-refractivity contribution in [2.24, 2.45) is 35.5 Å². The number of amides is 2. The molecule has 8 atom stereocenters. The van der Waals surface area contributed by atoms with Crippen molar-refractivity contribution >= 4 is 46.6 Å². The number of aliphatic carboxylic acids is 1. The Balaban J connectivity index is 1.40. The van der Waals surface area contributed by atoms with E-state index in [4.69, 9.17) is 0 Å². The number of thiazole rings is 1. The first-order chi connectivity index (χ1) is 18.2. The van der Waals surface area contributed by atoms with Crippen molar-refractivity contribution in [3.63, 3.8) is 0 Å². The third-order valence-corrected chi connectivity index (χ3v) is 11.9. The lowest BCUT2D eigenvalue weighted by molar-refractivity contribution is -0.157. The number of likely N-dealkylation sites (tertiary alicyclic amines) is 1. The van der Waals surface area contributed by atoms with Crippen LogP contribution in [0.1, 0.15) is 50.5 Å². The van der Waals surface area contributed by atoms with E-state index in [0.717, 1.165) is 45.6 Å². The Kier molecular flexibility index (Phi) is 6.26. The van der Waals surface area contributed by atoms with E-state index in [1.54, 1.807) is 25.6 Å². The van der Waals surface area contributed by atoms with Gasteiger partial charge in [0.25, 0.3) is 0 Å². The van der Waals surface area contributed by atoms with Crippen LogP contribution in [-0.4, -0.2) is 57.2 Å². The fourth-order valence-corrected chi connectivity index (χ4v) is 10.8. The van der Waals surface area contributed by atoms with Crippen LogP contribution in [0.4, 0.5) is 5.69 Å². The molecular weight excluding hydrogens is 522 g/mol. The zero-order valence-corrected chi connectivity index (χ0v) is 23.6. The molecule has 2 amide bonds. The summed E-state index contributed by atoms with van der Waals surface area (Å²) in [6, 6.07) is 7.43. The summed E-state index contributed by atoms with van der Waals surface area (Å²) in [4.78, 5) is 59.3. The number of anilines is 1. The molecule has 1 aromatic carbocycles. The van der Waals surface area contributed by atoms with Gasteiger partial charge in [-0.3, -0.25) is 19.3 Å². The molecule has 2 N–H and O–H groups in total. The highest BCUT2D eigenvalue weighted by atomic mass is 32.2. The average molecular weight is 556 g/mol. The predicted molar refractivity (Wildman–Crippen MR) is 147 cm³/mol. The Morgan fingerprint density at radius 2 is 1.71 bits per heavy atom. The number of carbonyl (C=O) groups is 3. The minimum atomic E-state index is -1.14. The Labute approximate surface area is 229 Å². The van der Waals surface area contributed by atoms with Gasteiger partial charge in [-0.05, 0) is 61.6 Å². The second-order valence-corrected chi connectivity index (χ2v) is 13.5. The maximum absolute atomic E-state index is 13.8. The number of hydrogen-bond donors (Lipinski definition) is 2. The van der Waals surface area contributed by atoms with Crippen LogP contribution >= 0.6 is 23.1 Å². The van der Waals surface area contributed by atoms with Crippen molar-refractivity contribution in [2.45, 2.75) is 56.4 Å². The molecule has 4 aliphatic rings. The lowest BCUT2D eigenvalue weighted by Crippen LogP contribution is -2.49. The van der Waals surface area contributed by atoms with Gasteiger partial charge in [0.15, 0.2) is 0 Å². The molecule has 2 aliphatic carbocycles. The van der Waals surface area contributed by atoms with E-state index >= 15 is 0 Å². The van der Waals surface area contributed by atoms with E-state index in [1.165, 1.54) is 11.3 Å². The van der Waals surface area contributed by atoms with Gasteiger partial charge in [0.2, 0.25) is 11.8 Å². The summed E-state index contributed by atoms with van der Waals surface area (Å²) in [6.45, 7) is 9.57. The number of nitrogens with zero attached hydrogens (tertiary/aromatic N) is 2. The van der Waals surface area contributed by atoms with Gasteiger partial charge in [0, 0.05) is 34.8 Å². The van der Waals surface area contributed by atoms with E-state index in [9.17, 15) is 24.3 Å². The Hall–Kier alpha value is -2.59. The highest BCUT2D eigenvalue weighted by Crippen LogP contribution is 2.68. The number of carboxylic acid groups (broad SMARTS) is 1. The van der Waals surface area contributed by atoms with Crippen LogP contribution < -0.4 is 9.77 Å². The van der Waals surface area contributed by atoms with Crippen molar-refractivity contribution in [3.8, 4) is 0 Å². The van der Waals surface area contributed by atoms with E-state index in [2.05, 4.69) is 48.0 Å². The molecule has 10 heteroatoms. The van der Waals surface area contributed by atoms with Gasteiger partial charge in [-0.1, -0.05) is 37.3 Å². The van der Waals surface area contributed by atoms with Crippen LogP contribution in [0.5, 0.6) is 0 Å². The number of carboxylic acids is 1. The quantitative estimate of drug-likeness (QED) is 0.499. The number of thioether (sulfide) groups is 1. The number of aromatic amines is 1. The minimum Gasteiger partial charge on any atom is -0.480 e. The molecule has 6 rings (SSSR count). The number of rotatable bonds is 7. The summed E-state index contributed by atoms with van der Waals surface area (Å²) in [5.41, 5.74) is 2.27. The predicted octanol–water partition coefficient (Wildman–Crippen LogP) is 3.87. The van der Waals surface area contributed by atoms with Crippen LogP contribution in [0.25, 0.3) is 0 Å². The fourth-order valence-electron chi connectivity index (χ4n) is 7.86. The fraction of sp³-hybridized carbons (Fsp3) is 0.571. The van der Waals surface area contributed by atoms with Crippen molar-refractivity contribution in [3.05, 3.63) is 44.4 Å². The van der Waals surface area contributed by atoms with Gasteiger partial charge < -0.3 is 15.0 Å². The van der Waals surface area contributed by atoms with E-state index in [-0.39, 0.29) is 51.5 Å². The number of nitrogens with one attached hydrogen (secondary N) is 1. The topological polar surface area (TPSA) is 111 Å². The highest BCUT2D eigenvalue weighted by Gasteiger charge is 2.70. The minimum absolute atomic E-state index is 0.0166.